The van der Waals surface area contributed by atoms with Gasteiger partial charge in [0.1, 0.15) is 0 Å². The van der Waals surface area contributed by atoms with Crippen molar-refractivity contribution in [1.82, 2.24) is 15.1 Å². The van der Waals surface area contributed by atoms with Crippen LogP contribution in [0.4, 0.5) is 0 Å². The van der Waals surface area contributed by atoms with Gasteiger partial charge in [0.25, 0.3) is 0 Å². The number of nitrogens with one attached hydrogen (secondary N) is 1. The van der Waals surface area contributed by atoms with E-state index in [9.17, 15) is 0 Å². The van der Waals surface area contributed by atoms with Gasteiger partial charge in [0.2, 0.25) is 0 Å². The van der Waals surface area contributed by atoms with Crippen molar-refractivity contribution in [3.05, 3.63) is 47.0 Å². The van der Waals surface area contributed by atoms with Gasteiger partial charge in [-0.1, -0.05) is 35.9 Å². The van der Waals surface area contributed by atoms with Crippen LogP contribution in [0, 0.1) is 0 Å². The molecule has 2 unspecified atom stereocenters. The molecule has 2 atom stereocenters. The number of ether oxygens (including phenoxy) is 1. The van der Waals surface area contributed by atoms with Gasteiger partial charge in [0, 0.05) is 57.9 Å². The molecule has 0 saturated carbocycles. The maximum Gasteiger partial charge on any atom is 0.193 e. The van der Waals surface area contributed by atoms with E-state index >= 15 is 0 Å². The first-order valence-electron chi connectivity index (χ1n) is 8.84. The van der Waals surface area contributed by atoms with Gasteiger partial charge in [0.05, 0.1) is 6.10 Å². The Balaban J connectivity index is 0.00000243. The molecule has 1 fully saturated rings. The topological polar surface area (TPSA) is 40.1 Å². The summed E-state index contributed by atoms with van der Waals surface area (Å²) in [5, 5.41) is 4.21. The minimum atomic E-state index is -0.0322. The fourth-order valence-electron chi connectivity index (χ4n) is 3.56. The largest absolute Gasteiger partial charge is 0.375 e. The fourth-order valence-corrected chi connectivity index (χ4v) is 3.68. The van der Waals surface area contributed by atoms with Gasteiger partial charge in [-0.15, -0.1) is 24.0 Å². The number of benzene rings is 1. The number of methoxy groups -OCH3 is 1. The Bertz CT molecular complexity index is 614. The summed E-state index contributed by atoms with van der Waals surface area (Å²) in [6, 6.07) is 8.42. The smallest absolute Gasteiger partial charge is 0.193 e. The summed E-state index contributed by atoms with van der Waals surface area (Å²) in [4.78, 5) is 9.34. The van der Waals surface area contributed by atoms with E-state index < -0.39 is 0 Å². The average Bonchev–Trinajstić information content (AvgIpc) is 3.31. The van der Waals surface area contributed by atoms with Gasteiger partial charge in [-0.25, -0.2) is 0 Å². The van der Waals surface area contributed by atoms with Crippen molar-refractivity contribution in [1.29, 1.82) is 0 Å². The molecule has 0 aromatic heterocycles. The molecule has 144 valence electrons. The van der Waals surface area contributed by atoms with Crippen LogP contribution < -0.4 is 5.32 Å². The van der Waals surface area contributed by atoms with Crippen molar-refractivity contribution in [2.24, 2.45) is 4.99 Å². The quantitative estimate of drug-likeness (QED) is 0.298. The highest BCUT2D eigenvalue weighted by molar-refractivity contribution is 14.0. The third-order valence-electron chi connectivity index (χ3n) is 5.01. The summed E-state index contributed by atoms with van der Waals surface area (Å²) < 4.78 is 5.64. The van der Waals surface area contributed by atoms with Gasteiger partial charge < -0.3 is 15.0 Å². The Morgan fingerprint density at radius 3 is 2.62 bits per heavy atom. The Morgan fingerprint density at radius 1 is 1.31 bits per heavy atom. The lowest BCUT2D eigenvalue weighted by Gasteiger charge is -2.26. The molecular formula is C19H28ClIN4O. The molecule has 1 N–H and O–H groups in total. The van der Waals surface area contributed by atoms with E-state index in [0.717, 1.165) is 42.7 Å². The molecule has 2 aliphatic rings. The van der Waals surface area contributed by atoms with Crippen molar-refractivity contribution in [3.63, 3.8) is 0 Å². The van der Waals surface area contributed by atoms with E-state index in [-0.39, 0.29) is 30.1 Å². The minimum Gasteiger partial charge on any atom is -0.375 e. The summed E-state index contributed by atoms with van der Waals surface area (Å²) in [7, 11) is 3.58. The summed E-state index contributed by atoms with van der Waals surface area (Å²) in [5.41, 5.74) is 1.11. The number of guanidine groups is 1. The van der Waals surface area contributed by atoms with Crippen molar-refractivity contribution >= 4 is 41.5 Å². The van der Waals surface area contributed by atoms with Crippen molar-refractivity contribution in [3.8, 4) is 0 Å². The van der Waals surface area contributed by atoms with E-state index in [1.165, 1.54) is 6.42 Å². The van der Waals surface area contributed by atoms with Crippen LogP contribution in [-0.4, -0.2) is 68.7 Å². The summed E-state index contributed by atoms with van der Waals surface area (Å²) in [5.74, 6) is 0.950. The van der Waals surface area contributed by atoms with E-state index in [2.05, 4.69) is 32.3 Å². The highest BCUT2D eigenvalue weighted by Crippen LogP contribution is 2.20. The molecule has 3 rings (SSSR count). The lowest BCUT2D eigenvalue weighted by Crippen LogP contribution is -2.44. The second-order valence-electron chi connectivity index (χ2n) is 6.52. The zero-order chi connectivity index (χ0) is 17.6. The van der Waals surface area contributed by atoms with Crippen LogP contribution >= 0.6 is 35.6 Å². The highest BCUT2D eigenvalue weighted by Gasteiger charge is 2.29. The van der Waals surface area contributed by atoms with E-state index in [0.29, 0.717) is 12.6 Å². The minimum absolute atomic E-state index is 0. The van der Waals surface area contributed by atoms with Gasteiger partial charge in [-0.05, 0) is 24.1 Å². The molecule has 1 aromatic rings. The molecule has 1 aromatic carbocycles. The maximum atomic E-state index is 5.97. The molecule has 5 nitrogen and oxygen atoms in total. The van der Waals surface area contributed by atoms with E-state index in [1.54, 1.807) is 7.11 Å². The Hall–Kier alpha value is -0.830. The molecule has 2 heterocycles. The first kappa shape index (κ1) is 21.5. The van der Waals surface area contributed by atoms with Crippen LogP contribution in [0.2, 0.25) is 5.02 Å². The molecule has 0 bridgehead atoms. The van der Waals surface area contributed by atoms with Gasteiger partial charge in [-0.2, -0.15) is 0 Å². The van der Waals surface area contributed by atoms with Crippen LogP contribution in [-0.2, 0) is 4.74 Å². The molecule has 2 aliphatic heterocycles. The van der Waals surface area contributed by atoms with Crippen LogP contribution in [0.15, 0.2) is 41.4 Å². The van der Waals surface area contributed by atoms with Crippen molar-refractivity contribution < 1.29 is 4.74 Å². The number of nitrogens with zero attached hydrogens (tertiary/aromatic N) is 3. The van der Waals surface area contributed by atoms with Crippen molar-refractivity contribution in [2.75, 3.05) is 46.9 Å². The highest BCUT2D eigenvalue weighted by atomic mass is 127. The zero-order valence-corrected chi connectivity index (χ0v) is 18.5. The number of aliphatic imine (C=N–C) groups is 1. The number of hydrogen-bond acceptors (Lipinski definition) is 3. The molecule has 26 heavy (non-hydrogen) atoms. The number of rotatable bonds is 5. The molecule has 0 radical (unpaired) electrons. The SMILES string of the molecule is CN=C(NCC(OC)c1ccc(Cl)cc1)N1CCC(N2CC=CC2)C1.I. The van der Waals surface area contributed by atoms with E-state index in [4.69, 9.17) is 16.3 Å². The second kappa shape index (κ2) is 10.5. The van der Waals surface area contributed by atoms with Crippen molar-refractivity contribution in [2.45, 2.75) is 18.6 Å². The lowest BCUT2D eigenvalue weighted by atomic mass is 10.1. The summed E-state index contributed by atoms with van der Waals surface area (Å²) >= 11 is 5.97. The molecule has 0 aliphatic carbocycles. The maximum absolute atomic E-state index is 5.97. The van der Waals surface area contributed by atoms with Crippen LogP contribution in [0.25, 0.3) is 0 Å². The van der Waals surface area contributed by atoms with Crippen LogP contribution in [0.1, 0.15) is 18.1 Å². The fraction of sp³-hybridized carbons (Fsp3) is 0.526. The normalized spacial score (nSPS) is 21.7. The molecule has 0 spiro atoms. The Labute approximate surface area is 178 Å². The van der Waals surface area contributed by atoms with Crippen LogP contribution in [0.3, 0.4) is 0 Å². The zero-order valence-electron chi connectivity index (χ0n) is 15.4. The molecular weight excluding hydrogens is 463 g/mol. The standard InChI is InChI=1S/C19H27ClN4O.HI/c1-21-19(24-12-9-17(14-24)23-10-3-4-11-23)22-13-18(25-2)15-5-7-16(20)8-6-15;/h3-8,17-18H,9-14H2,1-2H3,(H,21,22);1H. The second-order valence-corrected chi connectivity index (χ2v) is 6.95. The van der Waals surface area contributed by atoms with Crippen LogP contribution in [0.5, 0.6) is 0 Å². The third-order valence-corrected chi connectivity index (χ3v) is 5.26. The molecule has 0 amide bonds. The predicted molar refractivity (Wildman–Crippen MR) is 119 cm³/mol. The average molecular weight is 491 g/mol. The predicted octanol–water partition coefficient (Wildman–Crippen LogP) is 3.17. The molecule has 1 saturated heterocycles. The Kier molecular flexibility index (Phi) is 8.66. The number of likely N-dealkylation sites (tertiary alicyclic amines) is 1. The van der Waals surface area contributed by atoms with Gasteiger partial charge >= 0.3 is 0 Å². The third kappa shape index (κ3) is 5.34. The monoisotopic (exact) mass is 490 g/mol. The van der Waals surface area contributed by atoms with E-state index in [1.807, 2.05) is 31.3 Å². The lowest BCUT2D eigenvalue weighted by molar-refractivity contribution is 0.106. The molecule has 7 heteroatoms. The number of hydrogen-bond donors (Lipinski definition) is 1. The number of halogens is 2. The first-order valence-corrected chi connectivity index (χ1v) is 9.22. The first-order chi connectivity index (χ1) is 12.2. The van der Waals surface area contributed by atoms with Gasteiger partial charge in [0.15, 0.2) is 5.96 Å². The van der Waals surface area contributed by atoms with Gasteiger partial charge in [-0.3, -0.25) is 9.89 Å². The Morgan fingerprint density at radius 2 is 2.00 bits per heavy atom. The summed E-state index contributed by atoms with van der Waals surface area (Å²) in [6.45, 7) is 4.90. The summed E-state index contributed by atoms with van der Waals surface area (Å²) in [6.07, 6.45) is 5.67.